The number of hydrogen-bond donors (Lipinski definition) is 3. The van der Waals surface area contributed by atoms with E-state index in [0.29, 0.717) is 113 Å². The van der Waals surface area contributed by atoms with Crippen molar-refractivity contribution in [2.24, 2.45) is 0 Å². The molecule has 22 rings (SSSR count). The van der Waals surface area contributed by atoms with E-state index in [1.807, 2.05) is 79.5 Å². The Hall–Kier alpha value is -12.7. The fourth-order valence-corrected chi connectivity index (χ4v) is 17.6. The average Bonchev–Trinajstić information content (AvgIpc) is 0.827. The Bertz CT molecular complexity index is 5910. The molecular weight excluding hydrogens is 1620 g/mol. The Balaban J connectivity index is 0.000000134. The van der Waals surface area contributed by atoms with Crippen LogP contribution in [0.5, 0.6) is 34.9 Å². The molecule has 0 aromatic carbocycles. The van der Waals surface area contributed by atoms with Crippen LogP contribution in [0.2, 0.25) is 0 Å². The summed E-state index contributed by atoms with van der Waals surface area (Å²) in [5.74, 6) is 4.92. The summed E-state index contributed by atoms with van der Waals surface area (Å²) in [5.41, 5.74) is 9.76. The Morgan fingerprint density at radius 1 is 0.449 bits per heavy atom. The molecule has 1 saturated carbocycles. The first-order chi connectivity index (χ1) is 61.2. The van der Waals surface area contributed by atoms with Gasteiger partial charge in [0.2, 0.25) is 17.6 Å². The molecule has 6 unspecified atom stereocenters. The van der Waals surface area contributed by atoms with Crippen LogP contribution in [0, 0.1) is 5.82 Å². The minimum Gasteiger partial charge on any atom is -0.490 e. The number of rotatable bonds is 29. The molecule has 9 saturated heterocycles. The number of anilines is 3. The summed E-state index contributed by atoms with van der Waals surface area (Å²) in [6.07, 6.45) is 26.5. The maximum atomic E-state index is 14.2. The number of aliphatic hydroxyl groups is 2. The number of pyridine rings is 9. The fourth-order valence-electron chi connectivity index (χ4n) is 17.6. The number of fused-ring (bicyclic) bond motifs is 9. The molecule has 12 aromatic heterocycles. The number of ether oxygens (including phenoxy) is 7. The van der Waals surface area contributed by atoms with E-state index in [2.05, 4.69) is 95.3 Å². The highest BCUT2D eigenvalue weighted by Gasteiger charge is 2.48. The van der Waals surface area contributed by atoms with Crippen molar-refractivity contribution in [3.05, 3.63) is 198 Å². The molecule has 3 N–H and O–H groups in total. The maximum Gasteiger partial charge on any atom is 0.257 e. The highest BCUT2D eigenvalue weighted by atomic mass is 19.1. The van der Waals surface area contributed by atoms with Crippen molar-refractivity contribution in [1.82, 2.24) is 88.6 Å². The average molecular weight is 1730 g/mol. The molecule has 34 heteroatoms. The van der Waals surface area contributed by atoms with E-state index < -0.39 is 17.0 Å². The van der Waals surface area contributed by atoms with Gasteiger partial charge >= 0.3 is 0 Å². The van der Waals surface area contributed by atoms with Crippen LogP contribution in [0.4, 0.5) is 21.8 Å². The van der Waals surface area contributed by atoms with Gasteiger partial charge in [-0.1, -0.05) is 12.1 Å². The molecule has 127 heavy (non-hydrogen) atoms. The number of carbonyl (C=O) groups is 3. The predicted octanol–water partition coefficient (Wildman–Crippen LogP) is 9.55. The molecule has 6 atom stereocenters. The van der Waals surface area contributed by atoms with Crippen LogP contribution in [0.15, 0.2) is 159 Å². The van der Waals surface area contributed by atoms with Gasteiger partial charge < -0.3 is 73.2 Å². The zero-order chi connectivity index (χ0) is 88.7. The first kappa shape index (κ1) is 86.4. The third kappa shape index (κ3) is 19.1. The standard InChI is InChI=1S/C32H37N7O4.C31H36FN7O4.C30H35N7O4/c1-32(2,41)19-43-25-11-26(30-27(14-35-39(30)18-25)31(40)36-22-6-7-22)21-5-8-28(33-13-21)37-16-23-10-24(17-37)38(23)15-20-4-9-29(42-3)34-12-20;1-31(2,41)18-43-23-10-24(28-25(30(40)36(3)4)13-35-39(28)17-23)20-6-7-27(33-12-20)37-15-21-9-22(16-37)38(21)14-19-8-26(32)29(42-5)34-11-19;1-34(2)30(38)26-15-33-37-19-24(41-10-9-39-3)12-25(29(26)37)21-6-7-27(31-14-21)35-17-22-11-23(18-35)36(22)16-20-5-8-28(40-4)32-13-20/h4-5,8-9,11-14,18,22-24,41H,6-7,10,15-17,19H2,1-3H3,(H,36,40);6-8,10-13,17,21-22,41H,9,14-16,18H2,1-5H3;5-8,12-15,19,22-23H,9-11,16-18H2,1-4H3. The predicted molar refractivity (Wildman–Crippen MR) is 475 cm³/mol. The van der Waals surface area contributed by atoms with Gasteiger partial charge in [0, 0.05) is 219 Å². The number of hydrogen-bond acceptors (Lipinski definition) is 27. The van der Waals surface area contributed by atoms with Crippen LogP contribution in [0.1, 0.15) is 108 Å². The molecule has 0 radical (unpaired) electrons. The van der Waals surface area contributed by atoms with Gasteiger partial charge in [-0.05, 0) is 137 Å². The summed E-state index contributed by atoms with van der Waals surface area (Å²) in [7, 11) is 13.2. The molecule has 21 heterocycles. The number of carbonyl (C=O) groups excluding carboxylic acids is 3. The van der Waals surface area contributed by atoms with Crippen LogP contribution in [0.3, 0.4) is 0 Å². The number of piperazine rings is 3. The largest absolute Gasteiger partial charge is 0.490 e. The zero-order valence-electron chi connectivity index (χ0n) is 73.6. The van der Waals surface area contributed by atoms with Crippen molar-refractivity contribution in [3.63, 3.8) is 0 Å². The highest BCUT2D eigenvalue weighted by molar-refractivity contribution is 6.06. The second-order valence-electron chi connectivity index (χ2n) is 35.3. The normalized spacial score (nSPS) is 19.0. The van der Waals surface area contributed by atoms with Gasteiger partial charge in [0.25, 0.3) is 17.7 Å². The van der Waals surface area contributed by atoms with Crippen LogP contribution in [0.25, 0.3) is 49.9 Å². The molecule has 3 amide bonds. The Morgan fingerprint density at radius 2 is 0.827 bits per heavy atom. The van der Waals surface area contributed by atoms with Crippen LogP contribution < -0.4 is 48.4 Å². The molecule has 0 spiro atoms. The summed E-state index contributed by atoms with van der Waals surface area (Å²) in [6, 6.07) is 30.3. The van der Waals surface area contributed by atoms with Gasteiger partial charge in [-0.3, -0.25) is 29.1 Å². The zero-order valence-corrected chi connectivity index (χ0v) is 73.6. The summed E-state index contributed by atoms with van der Waals surface area (Å²) < 4.78 is 57.4. The molecule has 10 aliphatic rings. The third-order valence-corrected chi connectivity index (χ3v) is 24.3. The van der Waals surface area contributed by atoms with E-state index >= 15 is 0 Å². The minimum absolute atomic E-state index is 0.0103. The maximum absolute atomic E-state index is 14.2. The SMILES string of the molecule is COCCOc1cc(-c2ccc(N3CC4CC(C3)N4Cc3ccc(OC)nc3)nc2)c2c(C(=O)N(C)C)cnn2c1.COc1ccc(CN2C3CC2CN(c2ccc(-c4cc(OCC(C)(C)O)cn5ncc(C(=O)NC6CC6)c45)cn2)C3)cn1.COc1ncc(CN2C3CC2CN(c2ccc(-c4cc(OCC(C)(C)O)cn5ncc(C(=O)N(C)C)c45)cn2)C3)cc1F. The summed E-state index contributed by atoms with van der Waals surface area (Å²) in [5, 5.41) is 36.8. The quantitative estimate of drug-likeness (QED) is 0.0367. The molecule has 6 bridgehead atoms. The Labute approximate surface area is 735 Å². The Kier molecular flexibility index (Phi) is 24.7. The number of methoxy groups -OCH3 is 4. The number of nitrogens with one attached hydrogen (secondary N) is 1. The van der Waals surface area contributed by atoms with E-state index in [9.17, 15) is 29.0 Å². The van der Waals surface area contributed by atoms with Gasteiger partial charge in [0.1, 0.15) is 54.5 Å². The lowest BCUT2D eigenvalue weighted by Gasteiger charge is -2.56. The summed E-state index contributed by atoms with van der Waals surface area (Å²) in [6.45, 7) is 15.6. The lowest BCUT2D eigenvalue weighted by Crippen LogP contribution is -2.68. The number of aromatic nitrogens is 12. The van der Waals surface area contributed by atoms with Gasteiger partial charge in [0.15, 0.2) is 5.82 Å². The van der Waals surface area contributed by atoms with Crippen molar-refractivity contribution in [2.45, 2.75) is 133 Å². The van der Waals surface area contributed by atoms with Crippen molar-refractivity contribution in [2.75, 3.05) is 137 Å². The van der Waals surface area contributed by atoms with Crippen molar-refractivity contribution in [3.8, 4) is 68.3 Å². The van der Waals surface area contributed by atoms with E-state index in [-0.39, 0.29) is 42.9 Å². The first-order valence-corrected chi connectivity index (χ1v) is 42.9. The molecule has 664 valence electrons. The third-order valence-electron chi connectivity index (χ3n) is 24.3. The monoisotopic (exact) mass is 1730 g/mol. The topological polar surface area (TPSA) is 323 Å². The first-order valence-electron chi connectivity index (χ1n) is 42.9. The van der Waals surface area contributed by atoms with Gasteiger partial charge in [-0.2, -0.15) is 15.3 Å². The molecular formula is C93H108FN21O12. The molecule has 10 fully saturated rings. The smallest absolute Gasteiger partial charge is 0.257 e. The molecule has 33 nitrogen and oxygen atoms in total. The van der Waals surface area contributed by atoms with Crippen molar-refractivity contribution in [1.29, 1.82) is 0 Å². The second-order valence-corrected chi connectivity index (χ2v) is 35.3. The van der Waals surface area contributed by atoms with Crippen LogP contribution in [-0.2, 0) is 24.4 Å². The lowest BCUT2D eigenvalue weighted by atomic mass is 9.87. The highest BCUT2D eigenvalue weighted by Crippen LogP contribution is 2.43. The minimum atomic E-state index is -1.01. The van der Waals surface area contributed by atoms with Gasteiger partial charge in [-0.15, -0.1) is 0 Å². The van der Waals surface area contributed by atoms with Crippen molar-refractivity contribution >= 4 is 51.7 Å². The van der Waals surface area contributed by atoms with Crippen LogP contribution >= 0.6 is 0 Å². The van der Waals surface area contributed by atoms with Crippen LogP contribution in [-0.4, -0.2) is 287 Å². The van der Waals surface area contributed by atoms with E-state index in [1.54, 1.807) is 139 Å². The van der Waals surface area contributed by atoms with E-state index in [4.69, 9.17) is 48.1 Å². The van der Waals surface area contributed by atoms with E-state index in [1.165, 1.54) is 42.0 Å². The number of nitrogens with zero attached hydrogens (tertiary/aromatic N) is 20. The Morgan fingerprint density at radius 3 is 1.16 bits per heavy atom. The number of amides is 3. The number of halogens is 1. The second kappa shape index (κ2) is 36.3. The van der Waals surface area contributed by atoms with Gasteiger partial charge in [0.05, 0.1) is 110 Å². The van der Waals surface area contributed by atoms with Gasteiger partial charge in [-0.25, -0.2) is 47.8 Å². The van der Waals surface area contributed by atoms with Crippen molar-refractivity contribution < 1.29 is 62.1 Å². The number of piperidine rings is 3. The van der Waals surface area contributed by atoms with E-state index in [0.717, 1.165) is 134 Å². The fraction of sp³-hybridized carbons (Fsp3) is 0.419. The summed E-state index contributed by atoms with van der Waals surface area (Å²) >= 11 is 0. The molecule has 9 aliphatic heterocycles. The molecule has 1 aliphatic carbocycles. The lowest BCUT2D eigenvalue weighted by molar-refractivity contribution is -0.00885. The molecule has 12 aromatic rings. The summed E-state index contributed by atoms with van der Waals surface area (Å²) in [4.78, 5) is 84.0.